The zero-order chi connectivity index (χ0) is 21.2. The number of carbonyl (C=O) groups is 1. The molecule has 2 aromatic rings. The van der Waals surface area contributed by atoms with E-state index in [4.69, 9.17) is 5.26 Å². The van der Waals surface area contributed by atoms with Crippen molar-refractivity contribution in [1.82, 2.24) is 9.80 Å². The Morgan fingerprint density at radius 2 is 1.97 bits per heavy atom. The molecule has 0 spiro atoms. The molecule has 5 nitrogen and oxygen atoms in total. The molecule has 6 heteroatoms. The van der Waals surface area contributed by atoms with Gasteiger partial charge in [0.25, 0.3) is 0 Å². The molecule has 0 saturated carbocycles. The van der Waals surface area contributed by atoms with Crippen molar-refractivity contribution in [2.24, 2.45) is 0 Å². The summed E-state index contributed by atoms with van der Waals surface area (Å²) in [7, 11) is 0. The minimum absolute atomic E-state index is 0.0557. The summed E-state index contributed by atoms with van der Waals surface area (Å²) in [5, 5.41) is 12.1. The molecule has 1 saturated heterocycles. The second kappa shape index (κ2) is 11.6. The Hall–Kier alpha value is -2.59. The first-order valence-corrected chi connectivity index (χ1v) is 11.3. The van der Waals surface area contributed by atoms with Gasteiger partial charge in [0, 0.05) is 49.9 Å². The van der Waals surface area contributed by atoms with Crippen LogP contribution in [0.2, 0.25) is 0 Å². The van der Waals surface area contributed by atoms with E-state index in [1.807, 2.05) is 47.0 Å². The number of benzene rings is 2. The summed E-state index contributed by atoms with van der Waals surface area (Å²) in [6.45, 7) is 8.39. The SMILES string of the molecule is C=CCN(CC(=O)Nc1cccc(CN2CCSCC2)c1)Cc1cccc(C#N)c1. The van der Waals surface area contributed by atoms with Gasteiger partial charge in [-0.3, -0.25) is 14.6 Å². The van der Waals surface area contributed by atoms with E-state index < -0.39 is 0 Å². The number of nitrogens with one attached hydrogen (secondary N) is 1. The van der Waals surface area contributed by atoms with Crippen molar-refractivity contribution >= 4 is 23.4 Å². The topological polar surface area (TPSA) is 59.4 Å². The van der Waals surface area contributed by atoms with Crippen LogP contribution in [-0.2, 0) is 17.9 Å². The molecule has 0 unspecified atom stereocenters. The molecule has 1 amide bonds. The van der Waals surface area contributed by atoms with Gasteiger partial charge in [0.2, 0.25) is 5.91 Å². The Morgan fingerprint density at radius 1 is 1.20 bits per heavy atom. The fraction of sp³-hybridized carbons (Fsp3) is 0.333. The molecule has 2 aromatic carbocycles. The summed E-state index contributed by atoms with van der Waals surface area (Å²) in [6, 6.07) is 17.7. The number of hydrogen-bond acceptors (Lipinski definition) is 5. The molecule has 0 aliphatic carbocycles. The maximum atomic E-state index is 12.7. The highest BCUT2D eigenvalue weighted by molar-refractivity contribution is 7.99. The first-order chi connectivity index (χ1) is 14.7. The standard InChI is InChI=1S/C24H28N4OS/c1-2-9-28(18-21-6-3-5-20(14-21)16-25)19-24(29)26-23-8-4-7-22(15-23)17-27-10-12-30-13-11-27/h2-8,14-15H,1,9-13,17-19H2,(H,26,29). The summed E-state index contributed by atoms with van der Waals surface area (Å²) in [6.07, 6.45) is 1.79. The van der Waals surface area contributed by atoms with Crippen molar-refractivity contribution < 1.29 is 4.79 Å². The van der Waals surface area contributed by atoms with Gasteiger partial charge in [-0.1, -0.05) is 30.3 Å². The minimum Gasteiger partial charge on any atom is -0.325 e. The van der Waals surface area contributed by atoms with E-state index in [2.05, 4.69) is 35.0 Å². The highest BCUT2D eigenvalue weighted by Crippen LogP contribution is 2.16. The number of carbonyl (C=O) groups excluding carboxylic acids is 1. The van der Waals surface area contributed by atoms with Crippen molar-refractivity contribution in [3.63, 3.8) is 0 Å². The fourth-order valence-electron chi connectivity index (χ4n) is 3.53. The monoisotopic (exact) mass is 420 g/mol. The zero-order valence-corrected chi connectivity index (χ0v) is 18.0. The van der Waals surface area contributed by atoms with Crippen LogP contribution in [0.15, 0.2) is 61.2 Å². The van der Waals surface area contributed by atoms with Crippen molar-refractivity contribution in [1.29, 1.82) is 5.26 Å². The van der Waals surface area contributed by atoms with E-state index in [1.54, 1.807) is 12.1 Å². The number of amides is 1. The summed E-state index contributed by atoms with van der Waals surface area (Å²) >= 11 is 2.01. The van der Waals surface area contributed by atoms with Gasteiger partial charge in [0.1, 0.15) is 0 Å². The van der Waals surface area contributed by atoms with Crippen LogP contribution in [0.1, 0.15) is 16.7 Å². The summed E-state index contributed by atoms with van der Waals surface area (Å²) in [5.41, 5.74) is 3.68. The molecular weight excluding hydrogens is 392 g/mol. The van der Waals surface area contributed by atoms with E-state index in [-0.39, 0.29) is 12.5 Å². The predicted molar refractivity (Wildman–Crippen MR) is 124 cm³/mol. The van der Waals surface area contributed by atoms with Crippen LogP contribution in [0.3, 0.4) is 0 Å². The number of rotatable bonds is 9. The predicted octanol–water partition coefficient (Wildman–Crippen LogP) is 3.73. The lowest BCUT2D eigenvalue weighted by molar-refractivity contribution is -0.117. The molecule has 3 rings (SSSR count). The van der Waals surface area contributed by atoms with Crippen molar-refractivity contribution in [3.05, 3.63) is 77.9 Å². The van der Waals surface area contributed by atoms with Crippen LogP contribution >= 0.6 is 11.8 Å². The number of hydrogen-bond donors (Lipinski definition) is 1. The van der Waals surface area contributed by atoms with E-state index in [0.717, 1.165) is 30.9 Å². The molecular formula is C24H28N4OS. The molecule has 30 heavy (non-hydrogen) atoms. The van der Waals surface area contributed by atoms with Gasteiger partial charge in [-0.05, 0) is 35.4 Å². The van der Waals surface area contributed by atoms with Crippen LogP contribution in [0.5, 0.6) is 0 Å². The van der Waals surface area contributed by atoms with Gasteiger partial charge in [-0.2, -0.15) is 17.0 Å². The van der Waals surface area contributed by atoms with Crippen LogP contribution in [0.25, 0.3) is 0 Å². The van der Waals surface area contributed by atoms with Crippen molar-refractivity contribution in [2.45, 2.75) is 13.1 Å². The van der Waals surface area contributed by atoms with Crippen molar-refractivity contribution in [2.75, 3.05) is 43.0 Å². The Bertz CT molecular complexity index is 902. The second-order valence-electron chi connectivity index (χ2n) is 7.41. The average Bonchev–Trinajstić information content (AvgIpc) is 2.75. The van der Waals surface area contributed by atoms with Gasteiger partial charge in [-0.25, -0.2) is 0 Å². The zero-order valence-electron chi connectivity index (χ0n) is 17.2. The third-order valence-electron chi connectivity index (χ3n) is 4.94. The minimum atomic E-state index is -0.0557. The van der Waals surface area contributed by atoms with Crippen molar-refractivity contribution in [3.8, 4) is 6.07 Å². The Morgan fingerprint density at radius 3 is 2.73 bits per heavy atom. The first kappa shape index (κ1) is 22.1. The van der Waals surface area contributed by atoms with E-state index in [9.17, 15) is 4.79 Å². The number of nitriles is 1. The summed E-state index contributed by atoms with van der Waals surface area (Å²) in [5.74, 6) is 2.32. The number of nitrogens with zero attached hydrogens (tertiary/aromatic N) is 3. The maximum absolute atomic E-state index is 12.7. The third kappa shape index (κ3) is 7.03. The molecule has 0 atom stereocenters. The molecule has 1 heterocycles. The van der Waals surface area contributed by atoms with Gasteiger partial charge in [0.05, 0.1) is 18.2 Å². The van der Waals surface area contributed by atoms with Gasteiger partial charge >= 0.3 is 0 Å². The van der Waals surface area contributed by atoms with E-state index >= 15 is 0 Å². The lowest BCUT2D eigenvalue weighted by Crippen LogP contribution is -2.33. The highest BCUT2D eigenvalue weighted by atomic mass is 32.2. The van der Waals surface area contributed by atoms with E-state index in [1.165, 1.54) is 17.1 Å². The van der Waals surface area contributed by atoms with Gasteiger partial charge in [-0.15, -0.1) is 6.58 Å². The fourth-order valence-corrected chi connectivity index (χ4v) is 4.51. The molecule has 1 aliphatic heterocycles. The largest absolute Gasteiger partial charge is 0.325 e. The molecule has 0 aromatic heterocycles. The summed E-state index contributed by atoms with van der Waals surface area (Å²) in [4.78, 5) is 17.1. The molecule has 1 aliphatic rings. The van der Waals surface area contributed by atoms with Crippen LogP contribution in [0, 0.1) is 11.3 Å². The quantitative estimate of drug-likeness (QED) is 0.627. The molecule has 1 fully saturated rings. The molecule has 1 N–H and O–H groups in total. The Labute approximate surface area is 183 Å². The highest BCUT2D eigenvalue weighted by Gasteiger charge is 2.13. The summed E-state index contributed by atoms with van der Waals surface area (Å²) < 4.78 is 0. The number of thioether (sulfide) groups is 1. The average molecular weight is 421 g/mol. The smallest absolute Gasteiger partial charge is 0.238 e. The maximum Gasteiger partial charge on any atom is 0.238 e. The van der Waals surface area contributed by atoms with Crippen LogP contribution < -0.4 is 5.32 Å². The van der Waals surface area contributed by atoms with Gasteiger partial charge < -0.3 is 5.32 Å². The molecule has 156 valence electrons. The van der Waals surface area contributed by atoms with Gasteiger partial charge in [0.15, 0.2) is 0 Å². The third-order valence-corrected chi connectivity index (χ3v) is 5.88. The Kier molecular flexibility index (Phi) is 8.52. The molecule has 0 bridgehead atoms. The second-order valence-corrected chi connectivity index (χ2v) is 8.63. The number of anilines is 1. The first-order valence-electron chi connectivity index (χ1n) is 10.2. The Balaban J connectivity index is 1.57. The van der Waals surface area contributed by atoms with Crippen LogP contribution in [0.4, 0.5) is 5.69 Å². The lowest BCUT2D eigenvalue weighted by Gasteiger charge is -2.26. The lowest BCUT2D eigenvalue weighted by atomic mass is 10.1. The van der Waals surface area contributed by atoms with Crippen LogP contribution in [-0.4, -0.2) is 53.4 Å². The van der Waals surface area contributed by atoms with E-state index in [0.29, 0.717) is 18.7 Å². The molecule has 0 radical (unpaired) electrons. The normalized spacial score (nSPS) is 14.3.